The van der Waals surface area contributed by atoms with Gasteiger partial charge in [-0.1, -0.05) is 0 Å². The highest BCUT2D eigenvalue weighted by Crippen LogP contribution is 2.40. The molecular weight excluding hydrogens is 415 g/mol. The summed E-state index contributed by atoms with van der Waals surface area (Å²) in [6.45, 7) is 5.66. The summed E-state index contributed by atoms with van der Waals surface area (Å²) in [5.74, 6) is 0.504. The van der Waals surface area contributed by atoms with Crippen molar-refractivity contribution < 1.29 is 27.8 Å². The Bertz CT molecular complexity index is 677. The Balaban J connectivity index is 1.78. The first kappa shape index (κ1) is 25.4. The summed E-state index contributed by atoms with van der Waals surface area (Å²) in [6.07, 6.45) is -0.0980. The Morgan fingerprint density at radius 1 is 1.35 bits per heavy atom. The van der Waals surface area contributed by atoms with E-state index in [1.165, 1.54) is 24.0 Å². The van der Waals surface area contributed by atoms with Crippen molar-refractivity contribution in [1.82, 2.24) is 20.2 Å². The summed E-state index contributed by atoms with van der Waals surface area (Å²) in [7, 11) is 1.42. The topological polar surface area (TPSA) is 92.9 Å². The van der Waals surface area contributed by atoms with Crippen molar-refractivity contribution in [1.29, 1.82) is 0 Å². The van der Waals surface area contributed by atoms with Crippen molar-refractivity contribution in [2.75, 3.05) is 46.1 Å². The Morgan fingerprint density at radius 3 is 2.71 bits per heavy atom. The summed E-state index contributed by atoms with van der Waals surface area (Å²) < 4.78 is 52.9. The predicted octanol–water partition coefficient (Wildman–Crippen LogP) is 1.95. The van der Waals surface area contributed by atoms with E-state index >= 15 is 0 Å². The van der Waals surface area contributed by atoms with E-state index in [-0.39, 0.29) is 6.54 Å². The number of hydrogen-bond acceptors (Lipinski definition) is 5. The first-order chi connectivity index (χ1) is 14.8. The van der Waals surface area contributed by atoms with Crippen LogP contribution < -0.4 is 10.6 Å². The van der Waals surface area contributed by atoms with Crippen LogP contribution in [0.3, 0.4) is 0 Å². The Kier molecular flexibility index (Phi) is 10.0. The molecule has 0 amide bonds. The number of guanidine groups is 1. The fourth-order valence-corrected chi connectivity index (χ4v) is 3.37. The molecule has 1 aliphatic heterocycles. The second-order valence-electron chi connectivity index (χ2n) is 7.64. The first-order valence-corrected chi connectivity index (χ1v) is 10.7. The number of aromatic nitrogens is 2. The Hall–Kier alpha value is -1.85. The monoisotopic (exact) mass is 449 g/mol. The molecule has 11 heteroatoms. The van der Waals surface area contributed by atoms with E-state index in [4.69, 9.17) is 9.47 Å². The number of hydrogen-bond donors (Lipinski definition) is 3. The van der Waals surface area contributed by atoms with Crippen LogP contribution in [0.2, 0.25) is 0 Å². The average Bonchev–Trinajstić information content (AvgIpc) is 3.16. The van der Waals surface area contributed by atoms with Gasteiger partial charge < -0.3 is 29.8 Å². The van der Waals surface area contributed by atoms with Crippen molar-refractivity contribution in [2.45, 2.75) is 44.4 Å². The maximum absolute atomic E-state index is 13.6. The predicted molar refractivity (Wildman–Crippen MR) is 111 cm³/mol. The van der Waals surface area contributed by atoms with Gasteiger partial charge in [-0.2, -0.15) is 13.2 Å². The van der Waals surface area contributed by atoms with Gasteiger partial charge in [-0.25, -0.2) is 4.98 Å². The van der Waals surface area contributed by atoms with Crippen molar-refractivity contribution >= 4 is 5.96 Å². The molecule has 2 rings (SSSR count). The zero-order valence-corrected chi connectivity index (χ0v) is 18.2. The molecule has 0 aromatic carbocycles. The number of alkyl halides is 3. The summed E-state index contributed by atoms with van der Waals surface area (Å²) in [6, 6.07) is 0. The van der Waals surface area contributed by atoms with E-state index in [1.54, 1.807) is 0 Å². The number of rotatable bonds is 11. The maximum atomic E-state index is 13.6. The lowest BCUT2D eigenvalue weighted by atomic mass is 9.97. The molecule has 0 aliphatic carbocycles. The van der Waals surface area contributed by atoms with Gasteiger partial charge in [0, 0.05) is 71.9 Å². The number of halogens is 3. The number of aliphatic hydroxyl groups is 1. The van der Waals surface area contributed by atoms with E-state index in [9.17, 15) is 18.3 Å². The third kappa shape index (κ3) is 7.65. The third-order valence-corrected chi connectivity index (χ3v) is 5.19. The van der Waals surface area contributed by atoms with Gasteiger partial charge in [0.1, 0.15) is 5.82 Å². The number of nitrogens with one attached hydrogen (secondary N) is 2. The first-order valence-electron chi connectivity index (χ1n) is 10.7. The van der Waals surface area contributed by atoms with Crippen LogP contribution in [0.15, 0.2) is 17.4 Å². The lowest BCUT2D eigenvalue weighted by molar-refractivity contribution is -0.272. The molecule has 1 saturated heterocycles. The zero-order chi connectivity index (χ0) is 22.7. The van der Waals surface area contributed by atoms with Crippen LogP contribution in [-0.2, 0) is 22.1 Å². The van der Waals surface area contributed by atoms with Crippen LogP contribution in [0.5, 0.6) is 0 Å². The smallest absolute Gasteiger partial charge is 0.381 e. The molecule has 1 aromatic heterocycles. The molecule has 1 aromatic rings. The highest BCUT2D eigenvalue weighted by molar-refractivity contribution is 5.79. The minimum Gasteiger partial charge on any atom is -0.381 e. The Labute approximate surface area is 181 Å². The molecule has 0 bridgehead atoms. The van der Waals surface area contributed by atoms with Crippen molar-refractivity contribution in [2.24, 2.45) is 18.0 Å². The second-order valence-corrected chi connectivity index (χ2v) is 7.64. The SMILES string of the molecule is CCNC(=NCCCOCC1CCOCC1)NCCC(O)(c1nccn1C)C(F)(F)F. The van der Waals surface area contributed by atoms with E-state index < -0.39 is 24.0 Å². The minimum atomic E-state index is -4.86. The fourth-order valence-electron chi connectivity index (χ4n) is 3.37. The van der Waals surface area contributed by atoms with E-state index in [2.05, 4.69) is 20.6 Å². The van der Waals surface area contributed by atoms with Crippen molar-refractivity contribution in [3.63, 3.8) is 0 Å². The fraction of sp³-hybridized carbons (Fsp3) is 0.800. The summed E-state index contributed by atoms with van der Waals surface area (Å²) >= 11 is 0. The van der Waals surface area contributed by atoms with Crippen LogP contribution in [0.4, 0.5) is 13.2 Å². The van der Waals surface area contributed by atoms with Crippen molar-refractivity contribution in [3.8, 4) is 0 Å². The molecular formula is C20H34F3N5O3. The quantitative estimate of drug-likeness (QED) is 0.272. The van der Waals surface area contributed by atoms with Crippen LogP contribution in [-0.4, -0.2) is 72.9 Å². The van der Waals surface area contributed by atoms with Gasteiger partial charge in [0.25, 0.3) is 0 Å². The number of aliphatic imine (C=N–C) groups is 1. The molecule has 1 atom stereocenters. The molecule has 0 spiro atoms. The Morgan fingerprint density at radius 2 is 2.10 bits per heavy atom. The average molecular weight is 450 g/mol. The van der Waals surface area contributed by atoms with Crippen LogP contribution >= 0.6 is 0 Å². The molecule has 0 radical (unpaired) electrons. The minimum absolute atomic E-state index is 0.130. The van der Waals surface area contributed by atoms with Crippen LogP contribution in [0.1, 0.15) is 38.4 Å². The number of aryl methyl sites for hydroxylation is 1. The van der Waals surface area contributed by atoms with E-state index in [0.29, 0.717) is 44.6 Å². The van der Waals surface area contributed by atoms with Gasteiger partial charge in [0.05, 0.1) is 0 Å². The lowest BCUT2D eigenvalue weighted by Gasteiger charge is -2.30. The van der Waals surface area contributed by atoms with Gasteiger partial charge >= 0.3 is 6.18 Å². The van der Waals surface area contributed by atoms with Gasteiger partial charge in [-0.05, 0) is 32.1 Å². The lowest BCUT2D eigenvalue weighted by Crippen LogP contribution is -2.48. The molecule has 3 N–H and O–H groups in total. The molecule has 31 heavy (non-hydrogen) atoms. The molecule has 1 unspecified atom stereocenters. The summed E-state index contributed by atoms with van der Waals surface area (Å²) in [5.41, 5.74) is -3.05. The molecule has 2 heterocycles. The number of imidazole rings is 1. The molecule has 178 valence electrons. The summed E-state index contributed by atoms with van der Waals surface area (Å²) in [4.78, 5) is 8.07. The van der Waals surface area contributed by atoms with Gasteiger partial charge in [-0.3, -0.25) is 4.99 Å². The zero-order valence-electron chi connectivity index (χ0n) is 18.2. The second kappa shape index (κ2) is 12.3. The molecule has 8 nitrogen and oxygen atoms in total. The largest absolute Gasteiger partial charge is 0.424 e. The van der Waals surface area contributed by atoms with E-state index in [1.807, 2.05) is 6.92 Å². The maximum Gasteiger partial charge on any atom is 0.424 e. The molecule has 1 aliphatic rings. The number of ether oxygens (including phenoxy) is 2. The molecule has 0 saturated carbocycles. The highest BCUT2D eigenvalue weighted by Gasteiger charge is 2.57. The van der Waals surface area contributed by atoms with Crippen LogP contribution in [0.25, 0.3) is 0 Å². The van der Waals surface area contributed by atoms with Gasteiger partial charge in [-0.15, -0.1) is 0 Å². The third-order valence-electron chi connectivity index (χ3n) is 5.19. The van der Waals surface area contributed by atoms with E-state index in [0.717, 1.165) is 26.1 Å². The van der Waals surface area contributed by atoms with Gasteiger partial charge in [0.2, 0.25) is 5.60 Å². The highest BCUT2D eigenvalue weighted by atomic mass is 19.4. The van der Waals surface area contributed by atoms with Gasteiger partial charge in [0.15, 0.2) is 5.96 Å². The van der Waals surface area contributed by atoms with Crippen LogP contribution in [0, 0.1) is 5.92 Å². The molecule has 1 fully saturated rings. The normalized spacial score (nSPS) is 18.1. The summed E-state index contributed by atoms with van der Waals surface area (Å²) in [5, 5.41) is 16.2. The standard InChI is InChI=1S/C20H34F3N5O3/c1-3-24-18(26-8-4-12-31-15-16-5-13-30-14-6-16)27-9-7-19(29,20(21,22)23)17-25-10-11-28(17)2/h10-11,16,29H,3-9,12-15H2,1-2H3,(H2,24,26,27). The van der Waals surface area contributed by atoms with Crippen molar-refractivity contribution in [3.05, 3.63) is 18.2 Å². The number of nitrogens with zero attached hydrogens (tertiary/aromatic N) is 3.